The van der Waals surface area contributed by atoms with Crippen molar-refractivity contribution in [2.75, 3.05) is 43.6 Å². The molecule has 0 spiro atoms. The van der Waals surface area contributed by atoms with Crippen molar-refractivity contribution >= 4 is 52.2 Å². The number of amides is 4. The number of fused-ring (bicyclic) bond motifs is 2. The van der Waals surface area contributed by atoms with Gasteiger partial charge in [-0.05, 0) is 57.4 Å². The molecule has 16 nitrogen and oxygen atoms in total. The van der Waals surface area contributed by atoms with Crippen LogP contribution in [-0.2, 0) is 25.7 Å². The van der Waals surface area contributed by atoms with Gasteiger partial charge in [0.2, 0.25) is 17.8 Å². The molecule has 2 N–H and O–H groups in total. The number of hydrogen-bond acceptors (Lipinski definition) is 13. The van der Waals surface area contributed by atoms with Gasteiger partial charge in [0.05, 0.1) is 35.6 Å². The maximum Gasteiger partial charge on any atom is 0.262 e. The average molecular weight is 698 g/mol. The number of nitrogens with one attached hydrogen (secondary N) is 2. The van der Waals surface area contributed by atoms with Gasteiger partial charge < -0.3 is 29.0 Å². The van der Waals surface area contributed by atoms with Gasteiger partial charge in [-0.2, -0.15) is 4.98 Å². The Bertz CT molecular complexity index is 1990. The van der Waals surface area contributed by atoms with Gasteiger partial charge >= 0.3 is 0 Å². The van der Waals surface area contributed by atoms with E-state index in [2.05, 4.69) is 43.9 Å². The Morgan fingerprint density at radius 2 is 1.75 bits per heavy atom. The summed E-state index contributed by atoms with van der Waals surface area (Å²) in [6, 6.07) is 7.43. The summed E-state index contributed by atoms with van der Waals surface area (Å²) in [5, 5.41) is 5.51. The SMILES string of the molecule is COC1CCN(c2nccc(Nc3cc4c(cn3)nc(COCCOc3ccc5c(c3)C(=O)N(C3CCC(=O)NC3=O)C5=O)n4C(C)C)n2)CC1. The lowest BCUT2D eigenvalue weighted by atomic mass is 10.0. The maximum absolute atomic E-state index is 13.1. The summed E-state index contributed by atoms with van der Waals surface area (Å²) in [7, 11) is 1.75. The van der Waals surface area contributed by atoms with Gasteiger partial charge in [-0.3, -0.25) is 29.4 Å². The van der Waals surface area contributed by atoms with Gasteiger partial charge in [-0.15, -0.1) is 0 Å². The number of rotatable bonds is 12. The van der Waals surface area contributed by atoms with Crippen molar-refractivity contribution in [1.29, 1.82) is 0 Å². The molecule has 3 aliphatic rings. The summed E-state index contributed by atoms with van der Waals surface area (Å²) < 4.78 is 19.4. The largest absolute Gasteiger partial charge is 0.491 e. The molecule has 1 unspecified atom stereocenters. The lowest BCUT2D eigenvalue weighted by Gasteiger charge is -2.31. The fourth-order valence-electron chi connectivity index (χ4n) is 6.71. The zero-order chi connectivity index (χ0) is 35.6. The zero-order valence-electron chi connectivity index (χ0n) is 28.6. The summed E-state index contributed by atoms with van der Waals surface area (Å²) >= 11 is 0. The molecular formula is C35H39N9O7. The van der Waals surface area contributed by atoms with Crippen LogP contribution in [0.5, 0.6) is 5.75 Å². The van der Waals surface area contributed by atoms with Gasteiger partial charge in [0.1, 0.15) is 48.0 Å². The Kier molecular flexibility index (Phi) is 9.60. The number of anilines is 3. The highest BCUT2D eigenvalue weighted by Gasteiger charge is 2.44. The van der Waals surface area contributed by atoms with E-state index in [1.54, 1.807) is 25.6 Å². The second kappa shape index (κ2) is 14.4. The van der Waals surface area contributed by atoms with Crippen molar-refractivity contribution in [2.45, 2.75) is 64.3 Å². The molecule has 6 heterocycles. The summed E-state index contributed by atoms with van der Waals surface area (Å²) in [5.74, 6) is 0.827. The minimum atomic E-state index is -1.02. The first-order chi connectivity index (χ1) is 24.7. The van der Waals surface area contributed by atoms with Gasteiger partial charge in [-0.25, -0.2) is 15.0 Å². The van der Waals surface area contributed by atoms with Crippen molar-refractivity contribution in [3.8, 4) is 5.75 Å². The number of nitrogens with zero attached hydrogens (tertiary/aromatic N) is 7. The van der Waals surface area contributed by atoms with Crippen LogP contribution in [0.1, 0.15) is 72.1 Å². The molecule has 266 valence electrons. The predicted molar refractivity (Wildman–Crippen MR) is 184 cm³/mol. The van der Waals surface area contributed by atoms with Gasteiger partial charge in [0.25, 0.3) is 11.8 Å². The molecule has 4 aromatic rings. The third-order valence-corrected chi connectivity index (χ3v) is 9.26. The minimum absolute atomic E-state index is 0.0569. The molecular weight excluding hydrogens is 658 g/mol. The number of hydrogen-bond donors (Lipinski definition) is 2. The van der Waals surface area contributed by atoms with Crippen molar-refractivity contribution in [3.63, 3.8) is 0 Å². The Morgan fingerprint density at radius 1 is 0.941 bits per heavy atom. The summed E-state index contributed by atoms with van der Waals surface area (Å²) in [5.41, 5.74) is 1.97. The summed E-state index contributed by atoms with van der Waals surface area (Å²) in [4.78, 5) is 71.6. The van der Waals surface area contributed by atoms with Crippen molar-refractivity contribution in [1.82, 2.24) is 34.7 Å². The van der Waals surface area contributed by atoms with E-state index in [1.807, 2.05) is 12.1 Å². The topological polar surface area (TPSA) is 183 Å². The lowest BCUT2D eigenvalue weighted by molar-refractivity contribution is -0.136. The maximum atomic E-state index is 13.1. The molecule has 2 fully saturated rings. The standard InChI is InChI=1S/C35H39N9O7/c1-20(2)43-27-17-29(39-28-8-11-36-35(40-28)42-12-9-21(49-3)10-13-42)37-18-25(27)38-30(43)19-50-14-15-51-22-4-5-23-24(16-22)34(48)44(33(23)47)26-6-7-31(45)41-32(26)46/h4-5,8,11,16-18,20-21,26H,6-7,9-10,12-15,19H2,1-3H3,(H,41,45,46)(H,36,37,39,40). The third kappa shape index (κ3) is 6.96. The number of carbonyl (C=O) groups excluding carboxylic acids is 4. The fraction of sp³-hybridized carbons (Fsp3) is 0.429. The molecule has 0 radical (unpaired) electrons. The molecule has 16 heteroatoms. The Balaban J connectivity index is 0.955. The van der Waals surface area contributed by atoms with Crippen molar-refractivity contribution < 1.29 is 33.4 Å². The average Bonchev–Trinajstić information content (AvgIpc) is 3.61. The van der Waals surface area contributed by atoms with E-state index in [0.29, 0.717) is 23.3 Å². The van der Waals surface area contributed by atoms with Crippen molar-refractivity contribution in [3.05, 3.63) is 59.7 Å². The quantitative estimate of drug-likeness (QED) is 0.163. The minimum Gasteiger partial charge on any atom is -0.491 e. The van der Waals surface area contributed by atoms with E-state index in [0.717, 1.165) is 47.7 Å². The second-order valence-electron chi connectivity index (χ2n) is 12.9. The first kappa shape index (κ1) is 34.0. The highest BCUT2D eigenvalue weighted by molar-refractivity contribution is 6.23. The summed E-state index contributed by atoms with van der Waals surface area (Å²) in [6.07, 6.45) is 5.75. The Morgan fingerprint density at radius 3 is 2.51 bits per heavy atom. The molecule has 3 aromatic heterocycles. The van der Waals surface area contributed by atoms with Crippen LogP contribution in [-0.4, -0.2) is 98.6 Å². The number of benzene rings is 1. The molecule has 1 aromatic carbocycles. The first-order valence-corrected chi connectivity index (χ1v) is 17.0. The molecule has 7 rings (SSSR count). The molecule has 1 atom stereocenters. The number of imidazole rings is 1. The lowest BCUT2D eigenvalue weighted by Crippen LogP contribution is -2.54. The molecule has 0 saturated carbocycles. The first-order valence-electron chi connectivity index (χ1n) is 17.0. The van der Waals surface area contributed by atoms with Crippen LogP contribution >= 0.6 is 0 Å². The molecule has 51 heavy (non-hydrogen) atoms. The van der Waals surface area contributed by atoms with Crippen LogP contribution in [0.2, 0.25) is 0 Å². The molecule has 2 saturated heterocycles. The normalized spacial score (nSPS) is 18.2. The van der Waals surface area contributed by atoms with Crippen LogP contribution in [0.25, 0.3) is 11.0 Å². The fourth-order valence-corrected chi connectivity index (χ4v) is 6.71. The number of methoxy groups -OCH3 is 1. The highest BCUT2D eigenvalue weighted by Crippen LogP contribution is 2.31. The van der Waals surface area contributed by atoms with E-state index in [9.17, 15) is 19.2 Å². The highest BCUT2D eigenvalue weighted by atomic mass is 16.5. The molecule has 0 aliphatic carbocycles. The number of carbonyl (C=O) groups is 4. The van der Waals surface area contributed by atoms with E-state index < -0.39 is 29.7 Å². The van der Waals surface area contributed by atoms with Crippen LogP contribution in [0.4, 0.5) is 17.6 Å². The smallest absolute Gasteiger partial charge is 0.262 e. The number of aromatic nitrogens is 5. The van der Waals surface area contributed by atoms with Gasteiger partial charge in [-0.1, -0.05) is 0 Å². The van der Waals surface area contributed by atoms with E-state index in [4.69, 9.17) is 24.2 Å². The summed E-state index contributed by atoms with van der Waals surface area (Å²) in [6.45, 7) is 6.46. The van der Waals surface area contributed by atoms with Crippen LogP contribution < -0.4 is 20.3 Å². The number of ether oxygens (including phenoxy) is 3. The van der Waals surface area contributed by atoms with Crippen molar-refractivity contribution in [2.24, 2.45) is 0 Å². The number of imide groups is 2. The van der Waals surface area contributed by atoms with Crippen LogP contribution in [0, 0.1) is 0 Å². The van der Waals surface area contributed by atoms with Crippen LogP contribution in [0.3, 0.4) is 0 Å². The monoisotopic (exact) mass is 697 g/mol. The van der Waals surface area contributed by atoms with E-state index >= 15 is 0 Å². The van der Waals surface area contributed by atoms with Gasteiger partial charge in [0, 0.05) is 44.9 Å². The zero-order valence-corrected chi connectivity index (χ0v) is 28.6. The van der Waals surface area contributed by atoms with Crippen LogP contribution in [0.15, 0.2) is 42.7 Å². The Labute approximate surface area is 293 Å². The molecule has 4 amide bonds. The second-order valence-corrected chi connectivity index (χ2v) is 12.9. The number of piperidine rings is 2. The van der Waals surface area contributed by atoms with E-state index in [-0.39, 0.29) is 55.9 Å². The number of pyridine rings is 1. The Hall–Kier alpha value is -5.48. The van der Waals surface area contributed by atoms with Gasteiger partial charge in [0.15, 0.2) is 0 Å². The molecule has 0 bridgehead atoms. The van der Waals surface area contributed by atoms with E-state index in [1.165, 1.54) is 12.1 Å². The molecule has 3 aliphatic heterocycles. The predicted octanol–water partition coefficient (Wildman–Crippen LogP) is 3.16. The third-order valence-electron chi connectivity index (χ3n) is 9.26.